The van der Waals surface area contributed by atoms with Crippen LogP contribution in [-0.4, -0.2) is 7.11 Å². The molecule has 1 fully saturated rings. The summed E-state index contributed by atoms with van der Waals surface area (Å²) in [5.74, 6) is 0. The molecule has 82 valence electrons. The highest BCUT2D eigenvalue weighted by atomic mass is 79.9. The van der Waals surface area contributed by atoms with Gasteiger partial charge in [0.1, 0.15) is 0 Å². The van der Waals surface area contributed by atoms with Crippen molar-refractivity contribution in [1.82, 2.24) is 0 Å². The van der Waals surface area contributed by atoms with Crippen LogP contribution in [0, 0.1) is 0 Å². The maximum absolute atomic E-state index is 5.67. The fourth-order valence-corrected chi connectivity index (χ4v) is 2.83. The lowest BCUT2D eigenvalue weighted by Gasteiger charge is -2.17. The first-order valence-corrected chi connectivity index (χ1v) is 6.29. The highest BCUT2D eigenvalue weighted by molar-refractivity contribution is 9.10. The van der Waals surface area contributed by atoms with Crippen molar-refractivity contribution < 1.29 is 4.74 Å². The third-order valence-corrected chi connectivity index (χ3v) is 4.15. The molecule has 0 bridgehead atoms. The Morgan fingerprint density at radius 1 is 1.06 bits per heavy atom. The van der Waals surface area contributed by atoms with Crippen molar-refractivity contribution in [3.05, 3.63) is 46.4 Å². The Morgan fingerprint density at radius 2 is 1.75 bits per heavy atom. The first-order valence-electron chi connectivity index (χ1n) is 5.50. The molecule has 1 nitrogen and oxygen atoms in total. The van der Waals surface area contributed by atoms with Crippen molar-refractivity contribution in [1.29, 1.82) is 0 Å². The summed E-state index contributed by atoms with van der Waals surface area (Å²) in [4.78, 5) is 0. The molecule has 0 saturated heterocycles. The summed E-state index contributed by atoms with van der Waals surface area (Å²) in [7, 11) is 1.81. The summed E-state index contributed by atoms with van der Waals surface area (Å²) in [6.07, 6.45) is 2.27. The lowest BCUT2D eigenvalue weighted by molar-refractivity contribution is 0.0802. The Balaban J connectivity index is 2.30. The SMILES string of the molecule is COC1(c2ccc(Br)c3ccccc23)CC1. The van der Waals surface area contributed by atoms with Crippen LogP contribution in [0.4, 0.5) is 0 Å². The largest absolute Gasteiger partial charge is 0.374 e. The predicted octanol–water partition coefficient (Wildman–Crippen LogP) is 4.24. The van der Waals surface area contributed by atoms with E-state index in [0.717, 1.165) is 17.3 Å². The van der Waals surface area contributed by atoms with Crippen LogP contribution >= 0.6 is 15.9 Å². The summed E-state index contributed by atoms with van der Waals surface area (Å²) in [5.41, 5.74) is 1.31. The summed E-state index contributed by atoms with van der Waals surface area (Å²) in [6.45, 7) is 0. The van der Waals surface area contributed by atoms with Gasteiger partial charge in [-0.2, -0.15) is 0 Å². The lowest BCUT2D eigenvalue weighted by atomic mass is 9.99. The zero-order valence-electron chi connectivity index (χ0n) is 9.16. The zero-order valence-corrected chi connectivity index (χ0v) is 10.8. The van der Waals surface area contributed by atoms with Gasteiger partial charge < -0.3 is 4.74 Å². The molecule has 0 amide bonds. The third kappa shape index (κ3) is 1.40. The van der Waals surface area contributed by atoms with E-state index in [1.807, 2.05) is 7.11 Å². The van der Waals surface area contributed by atoms with Crippen LogP contribution in [0.2, 0.25) is 0 Å². The molecule has 0 aliphatic heterocycles. The van der Waals surface area contributed by atoms with E-state index < -0.39 is 0 Å². The minimum Gasteiger partial charge on any atom is -0.374 e. The van der Waals surface area contributed by atoms with E-state index in [2.05, 4.69) is 52.3 Å². The van der Waals surface area contributed by atoms with E-state index in [1.54, 1.807) is 0 Å². The molecule has 1 aliphatic carbocycles. The second-order valence-corrected chi connectivity index (χ2v) is 5.19. The minimum absolute atomic E-state index is 0.0136. The van der Waals surface area contributed by atoms with Crippen LogP contribution in [0.15, 0.2) is 40.9 Å². The van der Waals surface area contributed by atoms with Crippen molar-refractivity contribution in [2.75, 3.05) is 7.11 Å². The normalized spacial score (nSPS) is 17.6. The fourth-order valence-electron chi connectivity index (χ4n) is 2.36. The van der Waals surface area contributed by atoms with E-state index in [9.17, 15) is 0 Å². The highest BCUT2D eigenvalue weighted by Crippen LogP contribution is 2.51. The summed E-state index contributed by atoms with van der Waals surface area (Å²) >= 11 is 3.60. The van der Waals surface area contributed by atoms with Crippen molar-refractivity contribution in [3.63, 3.8) is 0 Å². The van der Waals surface area contributed by atoms with E-state index in [0.29, 0.717) is 0 Å². The van der Waals surface area contributed by atoms with Gasteiger partial charge in [0.25, 0.3) is 0 Å². The third-order valence-electron chi connectivity index (χ3n) is 3.46. The molecule has 0 N–H and O–H groups in total. The second kappa shape index (κ2) is 3.57. The second-order valence-electron chi connectivity index (χ2n) is 4.34. The number of hydrogen-bond acceptors (Lipinski definition) is 1. The zero-order chi connectivity index (χ0) is 11.2. The molecule has 0 atom stereocenters. The van der Waals surface area contributed by atoms with Gasteiger partial charge in [-0.15, -0.1) is 0 Å². The molecule has 0 aromatic heterocycles. The van der Waals surface area contributed by atoms with Crippen LogP contribution in [0.3, 0.4) is 0 Å². The Kier molecular flexibility index (Phi) is 2.30. The molecule has 2 aromatic carbocycles. The molecule has 16 heavy (non-hydrogen) atoms. The molecular weight excluding hydrogens is 264 g/mol. The van der Waals surface area contributed by atoms with Crippen LogP contribution in [0.25, 0.3) is 10.8 Å². The Labute approximate surface area is 104 Å². The first kappa shape index (κ1) is 10.3. The standard InChI is InChI=1S/C14H13BrO/c1-16-14(8-9-14)12-6-7-13(15)11-5-3-2-4-10(11)12/h2-7H,8-9H2,1H3. The average Bonchev–Trinajstić information content (AvgIpc) is 3.11. The molecule has 2 aromatic rings. The number of hydrogen-bond donors (Lipinski definition) is 0. The van der Waals surface area contributed by atoms with Gasteiger partial charge in [-0.05, 0) is 35.2 Å². The van der Waals surface area contributed by atoms with Crippen molar-refractivity contribution >= 4 is 26.7 Å². The number of rotatable bonds is 2. The molecule has 0 spiro atoms. The average molecular weight is 277 g/mol. The quantitative estimate of drug-likeness (QED) is 0.797. The topological polar surface area (TPSA) is 9.23 Å². The maximum Gasteiger partial charge on any atom is 0.0935 e. The van der Waals surface area contributed by atoms with Crippen molar-refractivity contribution in [3.8, 4) is 0 Å². The smallest absolute Gasteiger partial charge is 0.0935 e. The van der Waals surface area contributed by atoms with Gasteiger partial charge in [0.15, 0.2) is 0 Å². The van der Waals surface area contributed by atoms with Gasteiger partial charge >= 0.3 is 0 Å². The molecule has 1 aliphatic rings. The molecule has 0 radical (unpaired) electrons. The first-order chi connectivity index (χ1) is 7.77. The molecular formula is C14H13BrO. The molecule has 0 unspecified atom stereocenters. The number of methoxy groups -OCH3 is 1. The van der Waals surface area contributed by atoms with Gasteiger partial charge in [0, 0.05) is 11.6 Å². The Hall–Kier alpha value is -0.860. The van der Waals surface area contributed by atoms with Crippen molar-refractivity contribution in [2.45, 2.75) is 18.4 Å². The number of halogens is 1. The highest BCUT2D eigenvalue weighted by Gasteiger charge is 2.45. The van der Waals surface area contributed by atoms with E-state index in [1.165, 1.54) is 16.3 Å². The van der Waals surface area contributed by atoms with Gasteiger partial charge in [-0.3, -0.25) is 0 Å². The van der Waals surface area contributed by atoms with E-state index in [4.69, 9.17) is 4.74 Å². The van der Waals surface area contributed by atoms with Gasteiger partial charge in [0.2, 0.25) is 0 Å². The van der Waals surface area contributed by atoms with Gasteiger partial charge in [-0.25, -0.2) is 0 Å². The monoisotopic (exact) mass is 276 g/mol. The molecule has 3 rings (SSSR count). The Bertz CT molecular complexity index is 543. The van der Waals surface area contributed by atoms with Crippen LogP contribution in [0.5, 0.6) is 0 Å². The number of fused-ring (bicyclic) bond motifs is 1. The van der Waals surface area contributed by atoms with Crippen LogP contribution in [-0.2, 0) is 10.3 Å². The number of benzene rings is 2. The predicted molar refractivity (Wildman–Crippen MR) is 69.6 cm³/mol. The van der Waals surface area contributed by atoms with E-state index in [-0.39, 0.29) is 5.60 Å². The molecule has 0 heterocycles. The molecule has 2 heteroatoms. The van der Waals surface area contributed by atoms with Gasteiger partial charge in [0.05, 0.1) is 5.60 Å². The van der Waals surface area contributed by atoms with E-state index >= 15 is 0 Å². The number of ether oxygens (including phenoxy) is 1. The van der Waals surface area contributed by atoms with Crippen LogP contribution in [0.1, 0.15) is 18.4 Å². The minimum atomic E-state index is -0.0136. The Morgan fingerprint density at radius 3 is 2.38 bits per heavy atom. The lowest BCUT2D eigenvalue weighted by Crippen LogP contribution is -2.09. The van der Waals surface area contributed by atoms with Crippen LogP contribution < -0.4 is 0 Å². The fraction of sp³-hybridized carbons (Fsp3) is 0.286. The van der Waals surface area contributed by atoms with Gasteiger partial charge in [-0.1, -0.05) is 46.3 Å². The summed E-state index contributed by atoms with van der Waals surface area (Å²) < 4.78 is 6.82. The molecule has 1 saturated carbocycles. The summed E-state index contributed by atoms with van der Waals surface area (Å²) in [5, 5.41) is 2.57. The summed E-state index contributed by atoms with van der Waals surface area (Å²) in [6, 6.07) is 12.8. The van der Waals surface area contributed by atoms with Crippen molar-refractivity contribution in [2.24, 2.45) is 0 Å². The maximum atomic E-state index is 5.67.